The van der Waals surface area contributed by atoms with Crippen molar-refractivity contribution in [2.45, 2.75) is 13.0 Å². The topological polar surface area (TPSA) is 79.0 Å². The standard InChI is InChI=1S/C15H12ClN3O2/c1-10(11-3-2-4-14(8-11)19(20)21)18-13-5-6-15(16)12(7-13)9-17/h2-8,10,18H,1H3. The zero-order valence-corrected chi connectivity index (χ0v) is 12.0. The van der Waals surface area contributed by atoms with Gasteiger partial charge in [-0.15, -0.1) is 0 Å². The van der Waals surface area contributed by atoms with Crippen LogP contribution >= 0.6 is 11.6 Å². The molecule has 0 aliphatic carbocycles. The monoisotopic (exact) mass is 301 g/mol. The van der Waals surface area contributed by atoms with E-state index in [1.54, 1.807) is 24.3 Å². The smallest absolute Gasteiger partial charge is 0.269 e. The maximum Gasteiger partial charge on any atom is 0.269 e. The van der Waals surface area contributed by atoms with E-state index >= 15 is 0 Å². The number of nitro benzene ring substituents is 1. The van der Waals surface area contributed by atoms with Crippen LogP contribution in [0.15, 0.2) is 42.5 Å². The highest BCUT2D eigenvalue weighted by molar-refractivity contribution is 6.31. The third-order valence-corrected chi connectivity index (χ3v) is 3.38. The predicted octanol–water partition coefficient (Wildman–Crippen LogP) is 4.29. The molecule has 0 aromatic heterocycles. The van der Waals surface area contributed by atoms with Crippen LogP contribution in [-0.2, 0) is 0 Å². The number of anilines is 1. The molecule has 0 spiro atoms. The van der Waals surface area contributed by atoms with Crippen molar-refractivity contribution in [3.63, 3.8) is 0 Å². The van der Waals surface area contributed by atoms with Crippen LogP contribution in [0.4, 0.5) is 11.4 Å². The lowest BCUT2D eigenvalue weighted by molar-refractivity contribution is -0.384. The molecule has 0 aliphatic rings. The van der Waals surface area contributed by atoms with Gasteiger partial charge in [0.2, 0.25) is 0 Å². The molecule has 1 N–H and O–H groups in total. The first-order valence-corrected chi connectivity index (χ1v) is 6.59. The molecule has 0 radical (unpaired) electrons. The maximum atomic E-state index is 10.8. The minimum atomic E-state index is -0.424. The molecule has 5 nitrogen and oxygen atoms in total. The molecular formula is C15H12ClN3O2. The lowest BCUT2D eigenvalue weighted by atomic mass is 10.1. The Morgan fingerprint density at radius 1 is 1.33 bits per heavy atom. The first kappa shape index (κ1) is 14.8. The van der Waals surface area contributed by atoms with E-state index in [1.165, 1.54) is 12.1 Å². The Hall–Kier alpha value is -2.58. The maximum absolute atomic E-state index is 10.8. The summed E-state index contributed by atoms with van der Waals surface area (Å²) in [5.74, 6) is 0. The molecule has 6 heteroatoms. The number of rotatable bonds is 4. The lowest BCUT2D eigenvalue weighted by Gasteiger charge is -2.16. The second-order valence-electron chi connectivity index (χ2n) is 4.52. The lowest BCUT2D eigenvalue weighted by Crippen LogP contribution is -2.07. The zero-order chi connectivity index (χ0) is 15.4. The van der Waals surface area contributed by atoms with Crippen molar-refractivity contribution in [2.24, 2.45) is 0 Å². The average molecular weight is 302 g/mol. The van der Waals surface area contributed by atoms with E-state index in [0.717, 1.165) is 11.3 Å². The van der Waals surface area contributed by atoms with Crippen molar-refractivity contribution in [3.8, 4) is 6.07 Å². The molecule has 0 aliphatic heterocycles. The highest BCUT2D eigenvalue weighted by Gasteiger charge is 2.11. The van der Waals surface area contributed by atoms with E-state index in [-0.39, 0.29) is 11.7 Å². The van der Waals surface area contributed by atoms with Gasteiger partial charge in [-0.05, 0) is 30.7 Å². The zero-order valence-electron chi connectivity index (χ0n) is 11.2. The van der Waals surface area contributed by atoms with Crippen molar-refractivity contribution < 1.29 is 4.92 Å². The van der Waals surface area contributed by atoms with Gasteiger partial charge in [0, 0.05) is 23.9 Å². The van der Waals surface area contributed by atoms with Gasteiger partial charge in [-0.3, -0.25) is 10.1 Å². The Morgan fingerprint density at radius 2 is 2.10 bits per heavy atom. The van der Waals surface area contributed by atoms with Crippen LogP contribution in [-0.4, -0.2) is 4.92 Å². The Morgan fingerprint density at radius 3 is 2.76 bits per heavy atom. The average Bonchev–Trinajstić information content (AvgIpc) is 2.49. The van der Waals surface area contributed by atoms with Crippen molar-refractivity contribution in [3.05, 3.63) is 68.7 Å². The molecule has 1 atom stereocenters. The van der Waals surface area contributed by atoms with Crippen molar-refractivity contribution >= 4 is 23.0 Å². The summed E-state index contributed by atoms with van der Waals surface area (Å²) in [6.45, 7) is 1.89. The predicted molar refractivity (Wildman–Crippen MR) is 81.3 cm³/mol. The summed E-state index contributed by atoms with van der Waals surface area (Å²) in [6.07, 6.45) is 0. The summed E-state index contributed by atoms with van der Waals surface area (Å²) < 4.78 is 0. The van der Waals surface area contributed by atoms with Gasteiger partial charge in [0.15, 0.2) is 0 Å². The number of halogens is 1. The van der Waals surface area contributed by atoms with Crippen LogP contribution in [0.1, 0.15) is 24.1 Å². The molecule has 0 saturated carbocycles. The van der Waals surface area contributed by atoms with E-state index in [9.17, 15) is 10.1 Å². The molecule has 106 valence electrons. The molecule has 2 rings (SSSR count). The van der Waals surface area contributed by atoms with Crippen LogP contribution in [0.2, 0.25) is 5.02 Å². The van der Waals surface area contributed by atoms with Gasteiger partial charge < -0.3 is 5.32 Å². The third kappa shape index (κ3) is 3.50. The van der Waals surface area contributed by atoms with E-state index in [1.807, 2.05) is 19.1 Å². The summed E-state index contributed by atoms with van der Waals surface area (Å²) in [7, 11) is 0. The molecule has 0 amide bonds. The van der Waals surface area contributed by atoms with Crippen molar-refractivity contribution in [1.82, 2.24) is 0 Å². The molecule has 21 heavy (non-hydrogen) atoms. The van der Waals surface area contributed by atoms with E-state index in [2.05, 4.69) is 5.32 Å². The number of benzene rings is 2. The molecule has 2 aromatic rings. The summed E-state index contributed by atoms with van der Waals surface area (Å²) in [5.41, 5.74) is 1.95. The summed E-state index contributed by atoms with van der Waals surface area (Å²) in [5, 5.41) is 23.3. The van der Waals surface area contributed by atoms with Crippen LogP contribution in [0.3, 0.4) is 0 Å². The van der Waals surface area contributed by atoms with Gasteiger partial charge in [0.25, 0.3) is 5.69 Å². The van der Waals surface area contributed by atoms with E-state index in [4.69, 9.17) is 16.9 Å². The second kappa shape index (κ2) is 6.25. The minimum Gasteiger partial charge on any atom is -0.378 e. The Bertz CT molecular complexity index is 725. The fraction of sp³-hybridized carbons (Fsp3) is 0.133. The first-order chi connectivity index (χ1) is 10.0. The molecule has 0 bridgehead atoms. The van der Waals surface area contributed by atoms with Crippen molar-refractivity contribution in [1.29, 1.82) is 5.26 Å². The number of nitro groups is 1. The number of hydrogen-bond acceptors (Lipinski definition) is 4. The Kier molecular flexibility index (Phi) is 4.41. The van der Waals surface area contributed by atoms with Gasteiger partial charge in [0.1, 0.15) is 6.07 Å². The third-order valence-electron chi connectivity index (χ3n) is 3.05. The largest absolute Gasteiger partial charge is 0.378 e. The number of hydrogen-bond donors (Lipinski definition) is 1. The van der Waals surface area contributed by atoms with Crippen LogP contribution in [0, 0.1) is 21.4 Å². The van der Waals surface area contributed by atoms with Gasteiger partial charge >= 0.3 is 0 Å². The summed E-state index contributed by atoms with van der Waals surface area (Å²) >= 11 is 5.88. The van der Waals surface area contributed by atoms with Crippen molar-refractivity contribution in [2.75, 3.05) is 5.32 Å². The molecular weight excluding hydrogens is 290 g/mol. The normalized spacial score (nSPS) is 11.5. The first-order valence-electron chi connectivity index (χ1n) is 6.22. The molecule has 0 heterocycles. The highest BCUT2D eigenvalue weighted by Crippen LogP contribution is 2.25. The van der Waals surface area contributed by atoms with Gasteiger partial charge in [-0.25, -0.2) is 0 Å². The van der Waals surface area contributed by atoms with Gasteiger partial charge in [0.05, 0.1) is 15.5 Å². The summed E-state index contributed by atoms with van der Waals surface area (Å²) in [6, 6.07) is 13.4. The second-order valence-corrected chi connectivity index (χ2v) is 4.93. The molecule has 2 aromatic carbocycles. The highest BCUT2D eigenvalue weighted by atomic mass is 35.5. The van der Waals surface area contributed by atoms with Gasteiger partial charge in [-0.2, -0.15) is 5.26 Å². The van der Waals surface area contributed by atoms with Crippen LogP contribution in [0.5, 0.6) is 0 Å². The van der Waals surface area contributed by atoms with Crippen LogP contribution < -0.4 is 5.32 Å². The fourth-order valence-corrected chi connectivity index (χ4v) is 2.10. The van der Waals surface area contributed by atoms with Gasteiger partial charge in [-0.1, -0.05) is 23.7 Å². The minimum absolute atomic E-state index is 0.0509. The Labute approximate surface area is 126 Å². The van der Waals surface area contributed by atoms with E-state index < -0.39 is 4.92 Å². The molecule has 1 unspecified atom stereocenters. The number of non-ortho nitro benzene ring substituents is 1. The number of nitrogens with one attached hydrogen (secondary N) is 1. The number of nitrogens with zero attached hydrogens (tertiary/aromatic N) is 2. The SMILES string of the molecule is CC(Nc1ccc(Cl)c(C#N)c1)c1cccc([N+](=O)[O-])c1. The van der Waals surface area contributed by atoms with Crippen LogP contribution in [0.25, 0.3) is 0 Å². The quantitative estimate of drug-likeness (QED) is 0.674. The Balaban J connectivity index is 2.22. The number of nitriles is 1. The molecule has 0 saturated heterocycles. The fourth-order valence-electron chi connectivity index (χ4n) is 1.94. The van der Waals surface area contributed by atoms with E-state index in [0.29, 0.717) is 10.6 Å². The summed E-state index contributed by atoms with van der Waals surface area (Å²) in [4.78, 5) is 10.4. The molecule has 0 fully saturated rings.